The Labute approximate surface area is 139 Å². The molecule has 3 rings (SSSR count). The number of imidazole rings is 1. The minimum absolute atomic E-state index is 0.0406. The highest BCUT2D eigenvalue weighted by atomic mass is 32.2. The van der Waals surface area contributed by atoms with Gasteiger partial charge in [-0.05, 0) is 17.7 Å². The fourth-order valence-electron chi connectivity index (χ4n) is 2.16. The molecule has 1 heterocycles. The molecule has 0 unspecified atom stereocenters. The lowest BCUT2D eigenvalue weighted by Gasteiger charge is -2.16. The monoisotopic (exact) mass is 323 g/mol. The molecule has 1 N–H and O–H groups in total. The number of aromatic amines is 1. The second-order valence-electron chi connectivity index (χ2n) is 5.05. The fourth-order valence-corrected chi connectivity index (χ4v) is 2.93. The van der Waals surface area contributed by atoms with Gasteiger partial charge in [0.05, 0.1) is 17.6 Å². The van der Waals surface area contributed by atoms with Gasteiger partial charge in [0.15, 0.2) is 5.16 Å². The van der Waals surface area contributed by atoms with Crippen LogP contribution in [0.1, 0.15) is 0 Å². The zero-order valence-corrected chi connectivity index (χ0v) is 13.6. The molecule has 1 amide bonds. The van der Waals surface area contributed by atoms with Crippen molar-refractivity contribution in [3.63, 3.8) is 0 Å². The molecule has 4 nitrogen and oxygen atoms in total. The van der Waals surface area contributed by atoms with Gasteiger partial charge in [0.25, 0.3) is 0 Å². The van der Waals surface area contributed by atoms with E-state index in [4.69, 9.17) is 0 Å². The first-order valence-corrected chi connectivity index (χ1v) is 8.27. The number of carbonyl (C=O) groups is 1. The number of H-pyrrole nitrogens is 1. The van der Waals surface area contributed by atoms with Crippen LogP contribution in [-0.2, 0) is 4.79 Å². The maximum Gasteiger partial charge on any atom is 0.237 e. The number of hydrogen-bond donors (Lipinski definition) is 1. The molecule has 3 aromatic rings. The molecule has 23 heavy (non-hydrogen) atoms. The summed E-state index contributed by atoms with van der Waals surface area (Å²) in [4.78, 5) is 21.5. The molecular weight excluding hydrogens is 306 g/mol. The minimum Gasteiger partial charge on any atom is -0.333 e. The lowest BCUT2D eigenvalue weighted by Crippen LogP contribution is -2.27. The van der Waals surface area contributed by atoms with Gasteiger partial charge in [0.2, 0.25) is 5.91 Å². The first kappa shape index (κ1) is 15.4. The lowest BCUT2D eigenvalue weighted by atomic mass is 10.2. The molecule has 0 aliphatic heterocycles. The number of hydrogen-bond acceptors (Lipinski definition) is 3. The molecule has 0 bridgehead atoms. The molecule has 0 spiro atoms. The third-order valence-electron chi connectivity index (χ3n) is 3.49. The topological polar surface area (TPSA) is 49.0 Å². The van der Waals surface area contributed by atoms with E-state index in [1.54, 1.807) is 18.1 Å². The average molecular weight is 323 g/mol. The van der Waals surface area contributed by atoms with Gasteiger partial charge in [0.1, 0.15) is 0 Å². The normalized spacial score (nSPS) is 10.5. The van der Waals surface area contributed by atoms with Crippen molar-refractivity contribution in [1.82, 2.24) is 9.97 Å². The summed E-state index contributed by atoms with van der Waals surface area (Å²) < 4.78 is 0. The van der Waals surface area contributed by atoms with E-state index in [2.05, 4.69) is 9.97 Å². The molecule has 0 radical (unpaired) electrons. The maximum atomic E-state index is 12.3. The molecule has 1 aromatic heterocycles. The standard InChI is InChI=1S/C18H17N3OS/c1-21(15-10-6-3-7-11-15)17(22)13-23-18-19-12-16(20-18)14-8-4-2-5-9-14/h2-12H,13H2,1H3,(H,19,20). The second-order valence-corrected chi connectivity index (χ2v) is 6.01. The van der Waals surface area contributed by atoms with E-state index in [0.717, 1.165) is 22.1 Å². The smallest absolute Gasteiger partial charge is 0.237 e. The molecule has 0 atom stereocenters. The van der Waals surface area contributed by atoms with E-state index in [1.165, 1.54) is 11.8 Å². The zero-order valence-electron chi connectivity index (χ0n) is 12.8. The molecule has 0 aliphatic rings. The summed E-state index contributed by atoms with van der Waals surface area (Å²) >= 11 is 1.41. The van der Waals surface area contributed by atoms with E-state index in [-0.39, 0.29) is 5.91 Å². The van der Waals surface area contributed by atoms with Crippen molar-refractivity contribution in [3.8, 4) is 11.3 Å². The largest absolute Gasteiger partial charge is 0.333 e. The van der Waals surface area contributed by atoms with Gasteiger partial charge in [-0.15, -0.1) is 0 Å². The zero-order chi connectivity index (χ0) is 16.1. The van der Waals surface area contributed by atoms with Crippen molar-refractivity contribution >= 4 is 23.4 Å². The number of aromatic nitrogens is 2. The number of amides is 1. The van der Waals surface area contributed by atoms with E-state index in [0.29, 0.717) is 5.75 Å². The molecular formula is C18H17N3OS. The molecule has 0 saturated heterocycles. The minimum atomic E-state index is 0.0406. The van der Waals surface area contributed by atoms with Crippen LogP contribution in [0.15, 0.2) is 72.0 Å². The first-order valence-electron chi connectivity index (χ1n) is 7.29. The molecule has 116 valence electrons. The number of para-hydroxylation sites is 1. The summed E-state index contributed by atoms with van der Waals surface area (Å²) in [5.74, 6) is 0.381. The van der Waals surface area contributed by atoms with Crippen LogP contribution in [0.5, 0.6) is 0 Å². The van der Waals surface area contributed by atoms with Crippen LogP contribution in [-0.4, -0.2) is 28.7 Å². The van der Waals surface area contributed by atoms with E-state index in [9.17, 15) is 4.79 Å². The summed E-state index contributed by atoms with van der Waals surface area (Å²) in [6.45, 7) is 0. The third-order valence-corrected chi connectivity index (χ3v) is 4.36. The van der Waals surface area contributed by atoms with Crippen molar-refractivity contribution in [1.29, 1.82) is 0 Å². The summed E-state index contributed by atoms with van der Waals surface area (Å²) in [5, 5.41) is 0.749. The fraction of sp³-hybridized carbons (Fsp3) is 0.111. The van der Waals surface area contributed by atoms with Gasteiger partial charge in [-0.2, -0.15) is 0 Å². The lowest BCUT2D eigenvalue weighted by molar-refractivity contribution is -0.115. The number of thioether (sulfide) groups is 1. The third kappa shape index (κ3) is 3.81. The predicted octanol–water partition coefficient (Wildman–Crippen LogP) is 3.83. The van der Waals surface area contributed by atoms with Crippen molar-refractivity contribution in [2.45, 2.75) is 5.16 Å². The van der Waals surface area contributed by atoms with Gasteiger partial charge >= 0.3 is 0 Å². The van der Waals surface area contributed by atoms with Crippen LogP contribution in [0.4, 0.5) is 5.69 Å². The Morgan fingerprint density at radius 1 is 1.09 bits per heavy atom. The van der Waals surface area contributed by atoms with Crippen molar-refractivity contribution < 1.29 is 4.79 Å². The van der Waals surface area contributed by atoms with Gasteiger partial charge in [-0.25, -0.2) is 4.98 Å². The number of nitrogens with zero attached hydrogens (tertiary/aromatic N) is 2. The number of carbonyl (C=O) groups excluding carboxylic acids is 1. The molecule has 5 heteroatoms. The second kappa shape index (κ2) is 7.15. The van der Waals surface area contributed by atoms with Crippen LogP contribution >= 0.6 is 11.8 Å². The quantitative estimate of drug-likeness (QED) is 0.726. The van der Waals surface area contributed by atoms with Crippen LogP contribution in [0.25, 0.3) is 11.3 Å². The summed E-state index contributed by atoms with van der Waals surface area (Å²) in [6.07, 6.45) is 1.79. The van der Waals surface area contributed by atoms with E-state index in [1.807, 2.05) is 60.7 Å². The van der Waals surface area contributed by atoms with E-state index < -0.39 is 0 Å². The summed E-state index contributed by atoms with van der Waals surface area (Å²) in [5.41, 5.74) is 2.93. The van der Waals surface area contributed by atoms with Crippen molar-refractivity contribution in [3.05, 3.63) is 66.9 Å². The molecule has 0 fully saturated rings. The van der Waals surface area contributed by atoms with Gasteiger partial charge in [-0.3, -0.25) is 4.79 Å². The average Bonchev–Trinajstić information content (AvgIpc) is 3.09. The van der Waals surface area contributed by atoms with Crippen LogP contribution < -0.4 is 4.90 Å². The number of benzene rings is 2. The van der Waals surface area contributed by atoms with Crippen molar-refractivity contribution in [2.24, 2.45) is 0 Å². The van der Waals surface area contributed by atoms with Crippen LogP contribution in [0, 0.1) is 0 Å². The molecule has 2 aromatic carbocycles. The Balaban J connectivity index is 1.61. The molecule has 0 saturated carbocycles. The summed E-state index contributed by atoms with van der Waals surface area (Å²) in [6, 6.07) is 19.6. The van der Waals surface area contributed by atoms with Gasteiger partial charge in [-0.1, -0.05) is 60.3 Å². The Morgan fingerprint density at radius 3 is 2.43 bits per heavy atom. The maximum absolute atomic E-state index is 12.3. The highest BCUT2D eigenvalue weighted by Gasteiger charge is 2.12. The Morgan fingerprint density at radius 2 is 1.74 bits per heavy atom. The summed E-state index contributed by atoms with van der Waals surface area (Å²) in [7, 11) is 1.79. The number of rotatable bonds is 5. The van der Waals surface area contributed by atoms with Crippen LogP contribution in [0.3, 0.4) is 0 Å². The highest BCUT2D eigenvalue weighted by Crippen LogP contribution is 2.22. The Bertz CT molecular complexity index is 771. The van der Waals surface area contributed by atoms with Gasteiger partial charge in [0, 0.05) is 12.7 Å². The SMILES string of the molecule is CN(C(=O)CSc1ncc(-c2ccccc2)[nH]1)c1ccccc1. The predicted molar refractivity (Wildman–Crippen MR) is 94.6 cm³/mol. The van der Waals surface area contributed by atoms with Crippen molar-refractivity contribution in [2.75, 3.05) is 17.7 Å². The Hall–Kier alpha value is -2.53. The highest BCUT2D eigenvalue weighted by molar-refractivity contribution is 7.99. The number of anilines is 1. The molecule has 0 aliphatic carbocycles. The van der Waals surface area contributed by atoms with Gasteiger partial charge < -0.3 is 9.88 Å². The van der Waals surface area contributed by atoms with Crippen LogP contribution in [0.2, 0.25) is 0 Å². The first-order chi connectivity index (χ1) is 11.2. The number of nitrogens with one attached hydrogen (secondary N) is 1. The Kier molecular flexibility index (Phi) is 4.78. The van der Waals surface area contributed by atoms with E-state index >= 15 is 0 Å².